The molecule has 4 heterocycles. The van der Waals surface area contributed by atoms with Crippen LogP contribution in [0.1, 0.15) is 47.8 Å². The zero-order valence-electron chi connectivity index (χ0n) is 14.5. The second kappa shape index (κ2) is 6.55. The maximum atomic E-state index is 12.8. The third-order valence-electron chi connectivity index (χ3n) is 5.08. The normalized spacial score (nSPS) is 17.5. The molecular weight excluding hydrogens is 334 g/mol. The van der Waals surface area contributed by atoms with Crippen LogP contribution in [0, 0.1) is 13.8 Å². The summed E-state index contributed by atoms with van der Waals surface area (Å²) >= 11 is 1.69. The minimum Gasteiger partial charge on any atom is -0.336 e. The zero-order chi connectivity index (χ0) is 17.4. The molecule has 130 valence electrons. The van der Waals surface area contributed by atoms with Crippen molar-refractivity contribution in [1.82, 2.24) is 24.5 Å². The molecule has 0 saturated carbocycles. The van der Waals surface area contributed by atoms with E-state index in [0.29, 0.717) is 18.6 Å². The van der Waals surface area contributed by atoms with Gasteiger partial charge in [0.1, 0.15) is 6.33 Å². The molecule has 1 aliphatic rings. The summed E-state index contributed by atoms with van der Waals surface area (Å²) in [7, 11) is 0. The van der Waals surface area contributed by atoms with Gasteiger partial charge >= 0.3 is 0 Å². The molecule has 0 N–H and O–H groups in total. The lowest BCUT2D eigenvalue weighted by molar-refractivity contribution is -0.132. The van der Waals surface area contributed by atoms with Gasteiger partial charge in [-0.3, -0.25) is 4.79 Å². The topological polar surface area (TPSA) is 63.4 Å². The maximum Gasteiger partial charge on any atom is 0.252 e. The van der Waals surface area contributed by atoms with Crippen molar-refractivity contribution in [2.45, 2.75) is 45.6 Å². The quantitative estimate of drug-likeness (QED) is 0.721. The van der Waals surface area contributed by atoms with E-state index >= 15 is 0 Å². The number of carbonyl (C=O) groups is 1. The first kappa shape index (κ1) is 16.2. The van der Waals surface area contributed by atoms with E-state index in [-0.39, 0.29) is 11.9 Å². The van der Waals surface area contributed by atoms with Gasteiger partial charge in [-0.05, 0) is 61.1 Å². The number of fused-ring (bicyclic) bond motifs is 1. The molecule has 1 amide bonds. The number of amides is 1. The Labute approximate surface area is 150 Å². The van der Waals surface area contributed by atoms with Gasteiger partial charge in [-0.1, -0.05) is 0 Å². The van der Waals surface area contributed by atoms with E-state index in [2.05, 4.69) is 31.9 Å². The Hall–Kier alpha value is -2.28. The van der Waals surface area contributed by atoms with Crippen LogP contribution in [0.15, 0.2) is 23.2 Å². The second-order valence-corrected chi connectivity index (χ2v) is 7.31. The Morgan fingerprint density at radius 2 is 2.28 bits per heavy atom. The molecule has 0 bridgehead atoms. The first-order chi connectivity index (χ1) is 12.1. The summed E-state index contributed by atoms with van der Waals surface area (Å²) < 4.78 is 1.75. The van der Waals surface area contributed by atoms with Crippen molar-refractivity contribution in [1.29, 1.82) is 0 Å². The highest BCUT2D eigenvalue weighted by molar-refractivity contribution is 7.07. The van der Waals surface area contributed by atoms with E-state index in [9.17, 15) is 4.79 Å². The molecule has 3 aromatic heterocycles. The van der Waals surface area contributed by atoms with Gasteiger partial charge in [0.2, 0.25) is 5.91 Å². The Kier molecular flexibility index (Phi) is 4.25. The fourth-order valence-electron chi connectivity index (χ4n) is 3.77. The Bertz CT molecular complexity index is 902. The number of thiophene rings is 1. The summed E-state index contributed by atoms with van der Waals surface area (Å²) in [6.07, 6.45) is 4.85. The molecule has 4 rings (SSSR count). The van der Waals surface area contributed by atoms with Gasteiger partial charge in [0.15, 0.2) is 0 Å². The first-order valence-electron chi connectivity index (χ1n) is 8.62. The van der Waals surface area contributed by atoms with Crippen LogP contribution in [0.3, 0.4) is 0 Å². The molecule has 0 radical (unpaired) electrons. The molecule has 0 aliphatic carbocycles. The molecule has 7 heteroatoms. The number of hydrogen-bond donors (Lipinski definition) is 0. The summed E-state index contributed by atoms with van der Waals surface area (Å²) in [5, 5.41) is 8.46. The Balaban J connectivity index is 1.50. The van der Waals surface area contributed by atoms with Crippen molar-refractivity contribution >= 4 is 23.0 Å². The van der Waals surface area contributed by atoms with E-state index in [1.54, 1.807) is 15.9 Å². The third-order valence-corrected chi connectivity index (χ3v) is 5.78. The lowest BCUT2D eigenvalue weighted by Gasteiger charge is -2.24. The van der Waals surface area contributed by atoms with Crippen molar-refractivity contribution in [2.24, 2.45) is 0 Å². The van der Waals surface area contributed by atoms with Crippen LogP contribution in [0.5, 0.6) is 0 Å². The largest absolute Gasteiger partial charge is 0.336 e. The molecule has 25 heavy (non-hydrogen) atoms. The van der Waals surface area contributed by atoms with Gasteiger partial charge in [-0.15, -0.1) is 0 Å². The molecule has 1 aliphatic heterocycles. The highest BCUT2D eigenvalue weighted by Gasteiger charge is 2.30. The molecule has 0 aromatic carbocycles. The number of rotatable bonds is 4. The fraction of sp³-hybridized carbons (Fsp3) is 0.444. The minimum absolute atomic E-state index is 0.228. The number of hydrogen-bond acceptors (Lipinski definition) is 5. The number of likely N-dealkylation sites (tertiary alicyclic amines) is 1. The van der Waals surface area contributed by atoms with Crippen LogP contribution in [0.4, 0.5) is 0 Å². The van der Waals surface area contributed by atoms with Crippen LogP contribution in [-0.2, 0) is 11.2 Å². The smallest absolute Gasteiger partial charge is 0.252 e. The van der Waals surface area contributed by atoms with Crippen LogP contribution in [0.2, 0.25) is 0 Å². The van der Waals surface area contributed by atoms with E-state index in [4.69, 9.17) is 0 Å². The summed E-state index contributed by atoms with van der Waals surface area (Å²) in [5.74, 6) is 0.841. The van der Waals surface area contributed by atoms with Crippen LogP contribution >= 0.6 is 11.3 Å². The van der Waals surface area contributed by atoms with Crippen LogP contribution < -0.4 is 0 Å². The van der Waals surface area contributed by atoms with E-state index < -0.39 is 0 Å². The Morgan fingerprint density at radius 3 is 3.08 bits per heavy atom. The van der Waals surface area contributed by atoms with E-state index in [1.807, 2.05) is 18.7 Å². The first-order valence-corrected chi connectivity index (χ1v) is 9.57. The average molecular weight is 355 g/mol. The molecule has 1 atom stereocenters. The molecule has 1 saturated heterocycles. The lowest BCUT2D eigenvalue weighted by Crippen LogP contribution is -2.30. The number of aryl methyl sites for hydroxylation is 2. The monoisotopic (exact) mass is 355 g/mol. The molecule has 3 aromatic rings. The average Bonchev–Trinajstić information content (AvgIpc) is 3.33. The Morgan fingerprint density at radius 1 is 1.40 bits per heavy atom. The van der Waals surface area contributed by atoms with Crippen LogP contribution in [0.25, 0.3) is 5.78 Å². The van der Waals surface area contributed by atoms with Gasteiger partial charge < -0.3 is 4.90 Å². The number of carbonyl (C=O) groups excluding carboxylic acids is 1. The van der Waals surface area contributed by atoms with E-state index in [1.165, 1.54) is 11.9 Å². The van der Waals surface area contributed by atoms with Gasteiger partial charge in [0.25, 0.3) is 5.78 Å². The van der Waals surface area contributed by atoms with Crippen LogP contribution in [-0.4, -0.2) is 36.9 Å². The second-order valence-electron chi connectivity index (χ2n) is 6.53. The zero-order valence-corrected chi connectivity index (χ0v) is 15.3. The minimum atomic E-state index is 0.228. The highest BCUT2D eigenvalue weighted by atomic mass is 32.1. The molecule has 1 fully saturated rings. The van der Waals surface area contributed by atoms with E-state index in [0.717, 1.165) is 36.3 Å². The van der Waals surface area contributed by atoms with Gasteiger partial charge in [0, 0.05) is 24.4 Å². The number of nitrogens with zero attached hydrogens (tertiary/aromatic N) is 5. The third kappa shape index (κ3) is 2.93. The summed E-state index contributed by atoms with van der Waals surface area (Å²) in [6.45, 7) is 4.85. The predicted molar refractivity (Wildman–Crippen MR) is 96.6 cm³/mol. The molecular formula is C18H21N5OS. The molecule has 6 nitrogen and oxygen atoms in total. The molecule has 1 unspecified atom stereocenters. The van der Waals surface area contributed by atoms with Crippen molar-refractivity contribution in [2.75, 3.05) is 6.54 Å². The summed E-state index contributed by atoms with van der Waals surface area (Å²) in [6, 6.07) is 2.38. The maximum absolute atomic E-state index is 12.8. The lowest BCUT2D eigenvalue weighted by atomic mass is 10.0. The molecule has 0 spiro atoms. The SMILES string of the molecule is Cc1nc2ncnn2c(C)c1CCC(=O)N1CCCC1c1ccsc1. The van der Waals surface area contributed by atoms with Gasteiger partial charge in [0.05, 0.1) is 6.04 Å². The standard InChI is InChI=1S/C18H21N5OS/c1-12-15(13(2)23-18(21-12)19-11-20-23)5-6-17(24)22-8-3-4-16(22)14-7-9-25-10-14/h7,9-11,16H,3-6,8H2,1-2H3. The highest BCUT2D eigenvalue weighted by Crippen LogP contribution is 2.33. The summed E-state index contributed by atoms with van der Waals surface area (Å²) in [4.78, 5) is 23.5. The number of aromatic nitrogens is 4. The van der Waals surface area contributed by atoms with Crippen molar-refractivity contribution in [3.8, 4) is 0 Å². The van der Waals surface area contributed by atoms with Crippen molar-refractivity contribution in [3.05, 3.63) is 45.7 Å². The summed E-state index contributed by atoms with van der Waals surface area (Å²) in [5.41, 5.74) is 4.32. The van der Waals surface area contributed by atoms with Gasteiger partial charge in [-0.2, -0.15) is 21.4 Å². The fourth-order valence-corrected chi connectivity index (χ4v) is 4.48. The van der Waals surface area contributed by atoms with Crippen molar-refractivity contribution in [3.63, 3.8) is 0 Å². The predicted octanol–water partition coefficient (Wildman–Crippen LogP) is 3.10. The van der Waals surface area contributed by atoms with Crippen molar-refractivity contribution < 1.29 is 4.79 Å². The van der Waals surface area contributed by atoms with Gasteiger partial charge in [-0.25, -0.2) is 9.50 Å².